The van der Waals surface area contributed by atoms with Gasteiger partial charge in [-0.3, -0.25) is 4.90 Å². The molecule has 3 unspecified atom stereocenters. The molecular weight excluding hydrogens is 264 g/mol. The maximum Gasteiger partial charge on any atom is 0.119 e. The van der Waals surface area contributed by atoms with Crippen LogP contribution in [0, 0.1) is 5.92 Å². The van der Waals surface area contributed by atoms with Crippen molar-refractivity contribution < 1.29 is 9.47 Å². The van der Waals surface area contributed by atoms with Gasteiger partial charge in [-0.15, -0.1) is 0 Å². The number of methoxy groups -OCH3 is 1. The van der Waals surface area contributed by atoms with E-state index in [0.29, 0.717) is 5.92 Å². The molecule has 1 aliphatic rings. The predicted octanol–water partition coefficient (Wildman–Crippen LogP) is 2.44. The third-order valence-corrected chi connectivity index (χ3v) is 4.21. The van der Waals surface area contributed by atoms with Crippen molar-refractivity contribution in [2.24, 2.45) is 11.7 Å². The van der Waals surface area contributed by atoms with Gasteiger partial charge in [-0.25, -0.2) is 0 Å². The molecule has 3 atom stereocenters. The third kappa shape index (κ3) is 4.43. The zero-order valence-electron chi connectivity index (χ0n) is 13.4. The van der Waals surface area contributed by atoms with Gasteiger partial charge in [-0.2, -0.15) is 0 Å². The number of benzene rings is 1. The third-order valence-electron chi connectivity index (χ3n) is 4.21. The molecule has 2 N–H and O–H groups in total. The Bertz CT molecular complexity index is 431. The highest BCUT2D eigenvalue weighted by Gasteiger charge is 2.25. The van der Waals surface area contributed by atoms with E-state index in [0.717, 1.165) is 25.5 Å². The standard InChI is InChI=1S/C17H28N2O2/c1-13(18)17(15-7-4-8-16(10-15)20-3)19(2)11-14-6-5-9-21-12-14/h4,7-8,10,13-14,17H,5-6,9,11-12,18H2,1-3H3. The molecule has 0 radical (unpaired) electrons. The average molecular weight is 292 g/mol. The molecule has 21 heavy (non-hydrogen) atoms. The molecule has 0 spiro atoms. The molecule has 1 aliphatic heterocycles. The van der Waals surface area contributed by atoms with Gasteiger partial charge >= 0.3 is 0 Å². The second-order valence-electron chi connectivity index (χ2n) is 6.10. The molecule has 0 aromatic heterocycles. The summed E-state index contributed by atoms with van der Waals surface area (Å²) in [6.45, 7) is 4.86. The Labute approximate surface area is 128 Å². The zero-order chi connectivity index (χ0) is 15.2. The number of hydrogen-bond acceptors (Lipinski definition) is 4. The van der Waals surface area contributed by atoms with Crippen molar-refractivity contribution in [2.75, 3.05) is 33.9 Å². The number of rotatable bonds is 6. The minimum atomic E-state index is 0.0617. The summed E-state index contributed by atoms with van der Waals surface area (Å²) in [4.78, 5) is 2.36. The molecule has 1 aromatic carbocycles. The highest BCUT2D eigenvalue weighted by atomic mass is 16.5. The Morgan fingerprint density at radius 1 is 1.48 bits per heavy atom. The summed E-state index contributed by atoms with van der Waals surface area (Å²) >= 11 is 0. The first-order valence-corrected chi connectivity index (χ1v) is 7.79. The van der Waals surface area contributed by atoms with E-state index in [1.54, 1.807) is 7.11 Å². The second-order valence-corrected chi connectivity index (χ2v) is 6.10. The normalized spacial score (nSPS) is 22.0. The lowest BCUT2D eigenvalue weighted by Crippen LogP contribution is -2.41. The Morgan fingerprint density at radius 3 is 2.90 bits per heavy atom. The van der Waals surface area contributed by atoms with E-state index in [4.69, 9.17) is 15.2 Å². The molecule has 2 rings (SSSR count). The predicted molar refractivity (Wildman–Crippen MR) is 85.6 cm³/mol. The summed E-state index contributed by atoms with van der Waals surface area (Å²) in [5, 5.41) is 0. The number of nitrogens with two attached hydrogens (primary N) is 1. The fourth-order valence-corrected chi connectivity index (χ4v) is 3.26. The first-order chi connectivity index (χ1) is 10.1. The number of hydrogen-bond donors (Lipinski definition) is 1. The first kappa shape index (κ1) is 16.3. The van der Waals surface area contributed by atoms with Gasteiger partial charge in [0.2, 0.25) is 0 Å². The Hall–Kier alpha value is -1.10. The Morgan fingerprint density at radius 2 is 2.29 bits per heavy atom. The van der Waals surface area contributed by atoms with Crippen LogP contribution in [0.15, 0.2) is 24.3 Å². The molecule has 0 saturated carbocycles. The smallest absolute Gasteiger partial charge is 0.119 e. The monoisotopic (exact) mass is 292 g/mol. The molecule has 0 bridgehead atoms. The van der Waals surface area contributed by atoms with Crippen LogP contribution < -0.4 is 10.5 Å². The van der Waals surface area contributed by atoms with Gasteiger partial charge in [0.25, 0.3) is 0 Å². The van der Waals surface area contributed by atoms with E-state index < -0.39 is 0 Å². The highest BCUT2D eigenvalue weighted by molar-refractivity contribution is 5.31. The lowest BCUT2D eigenvalue weighted by atomic mass is 9.96. The average Bonchev–Trinajstić information content (AvgIpc) is 2.48. The van der Waals surface area contributed by atoms with Crippen LogP contribution in [-0.4, -0.2) is 44.9 Å². The van der Waals surface area contributed by atoms with Gasteiger partial charge in [0.1, 0.15) is 5.75 Å². The first-order valence-electron chi connectivity index (χ1n) is 7.79. The van der Waals surface area contributed by atoms with E-state index in [1.165, 1.54) is 18.4 Å². The minimum Gasteiger partial charge on any atom is -0.497 e. The number of nitrogens with zero attached hydrogens (tertiary/aromatic N) is 1. The van der Waals surface area contributed by atoms with E-state index in [1.807, 2.05) is 12.1 Å². The van der Waals surface area contributed by atoms with Crippen molar-refractivity contribution in [3.8, 4) is 5.75 Å². The molecule has 1 saturated heterocycles. The van der Waals surface area contributed by atoms with Crippen LogP contribution in [0.25, 0.3) is 0 Å². The van der Waals surface area contributed by atoms with Gasteiger partial charge < -0.3 is 15.2 Å². The van der Waals surface area contributed by atoms with E-state index in [2.05, 4.69) is 31.0 Å². The maximum absolute atomic E-state index is 6.25. The van der Waals surface area contributed by atoms with Crippen molar-refractivity contribution in [2.45, 2.75) is 31.8 Å². The van der Waals surface area contributed by atoms with Gasteiger partial charge in [-0.1, -0.05) is 12.1 Å². The fraction of sp³-hybridized carbons (Fsp3) is 0.647. The van der Waals surface area contributed by atoms with Gasteiger partial charge in [0.05, 0.1) is 13.7 Å². The van der Waals surface area contributed by atoms with Crippen molar-refractivity contribution >= 4 is 0 Å². The lowest BCUT2D eigenvalue weighted by molar-refractivity contribution is 0.0344. The van der Waals surface area contributed by atoms with Gasteiger partial charge in [0.15, 0.2) is 0 Å². The SMILES string of the molecule is COc1cccc(C(C(C)N)N(C)CC2CCCOC2)c1. The van der Waals surface area contributed by atoms with Crippen LogP contribution in [-0.2, 0) is 4.74 Å². The second kappa shape index (κ2) is 7.78. The topological polar surface area (TPSA) is 47.7 Å². The zero-order valence-corrected chi connectivity index (χ0v) is 13.4. The van der Waals surface area contributed by atoms with E-state index in [-0.39, 0.29) is 12.1 Å². The molecule has 4 heteroatoms. The van der Waals surface area contributed by atoms with Crippen LogP contribution in [0.2, 0.25) is 0 Å². The van der Waals surface area contributed by atoms with Crippen LogP contribution in [0.4, 0.5) is 0 Å². The highest BCUT2D eigenvalue weighted by Crippen LogP contribution is 2.27. The summed E-state index contributed by atoms with van der Waals surface area (Å²) in [6, 6.07) is 8.47. The van der Waals surface area contributed by atoms with Gasteiger partial charge in [0, 0.05) is 25.2 Å². The summed E-state index contributed by atoms with van der Waals surface area (Å²) in [7, 11) is 3.85. The van der Waals surface area contributed by atoms with Crippen LogP contribution in [0.5, 0.6) is 5.75 Å². The van der Waals surface area contributed by atoms with Crippen LogP contribution in [0.3, 0.4) is 0 Å². The molecule has 1 aromatic rings. The minimum absolute atomic E-state index is 0.0617. The van der Waals surface area contributed by atoms with Crippen molar-refractivity contribution in [1.82, 2.24) is 4.90 Å². The molecule has 0 aliphatic carbocycles. The molecule has 0 amide bonds. The fourth-order valence-electron chi connectivity index (χ4n) is 3.26. The molecular formula is C17H28N2O2. The van der Waals surface area contributed by atoms with E-state index in [9.17, 15) is 0 Å². The summed E-state index contributed by atoms with van der Waals surface area (Å²) < 4.78 is 10.9. The summed E-state index contributed by atoms with van der Waals surface area (Å²) in [6.07, 6.45) is 2.41. The number of likely N-dealkylation sites (N-methyl/N-ethyl adjacent to an activating group) is 1. The Balaban J connectivity index is 2.09. The maximum atomic E-state index is 6.25. The number of ether oxygens (including phenoxy) is 2. The van der Waals surface area contributed by atoms with Crippen molar-refractivity contribution in [1.29, 1.82) is 0 Å². The van der Waals surface area contributed by atoms with Crippen LogP contribution in [0.1, 0.15) is 31.4 Å². The lowest BCUT2D eigenvalue weighted by Gasteiger charge is -2.35. The summed E-state index contributed by atoms with van der Waals surface area (Å²) in [5.74, 6) is 1.49. The molecule has 4 nitrogen and oxygen atoms in total. The van der Waals surface area contributed by atoms with Crippen LogP contribution >= 0.6 is 0 Å². The van der Waals surface area contributed by atoms with Crippen molar-refractivity contribution in [3.05, 3.63) is 29.8 Å². The van der Waals surface area contributed by atoms with Crippen molar-refractivity contribution in [3.63, 3.8) is 0 Å². The molecule has 1 heterocycles. The quantitative estimate of drug-likeness (QED) is 0.875. The molecule has 1 fully saturated rings. The molecule has 118 valence electrons. The summed E-state index contributed by atoms with van der Waals surface area (Å²) in [5.41, 5.74) is 7.46. The largest absolute Gasteiger partial charge is 0.497 e. The Kier molecular flexibility index (Phi) is 6.03. The van der Waals surface area contributed by atoms with Gasteiger partial charge in [-0.05, 0) is 50.4 Å². The van der Waals surface area contributed by atoms with E-state index >= 15 is 0 Å².